The van der Waals surface area contributed by atoms with Crippen molar-refractivity contribution < 1.29 is 27.9 Å². The van der Waals surface area contributed by atoms with Gasteiger partial charge in [0.2, 0.25) is 5.88 Å². The van der Waals surface area contributed by atoms with Gasteiger partial charge in [0.15, 0.2) is 0 Å². The summed E-state index contributed by atoms with van der Waals surface area (Å²) in [4.78, 5) is 33.1. The van der Waals surface area contributed by atoms with Crippen LogP contribution in [0.1, 0.15) is 66.3 Å². The number of aryl methyl sites for hydroxylation is 2. The lowest BCUT2D eigenvalue weighted by molar-refractivity contribution is 0.0139. The van der Waals surface area contributed by atoms with Crippen LogP contribution >= 0.6 is 0 Å². The first kappa shape index (κ1) is 30.3. The van der Waals surface area contributed by atoms with Crippen LogP contribution in [0.3, 0.4) is 0 Å². The number of hydrogen-bond donors (Lipinski definition) is 2. The minimum absolute atomic E-state index is 0.0653. The maximum atomic E-state index is 12.4. The fourth-order valence-electron chi connectivity index (χ4n) is 5.21. The van der Waals surface area contributed by atoms with Gasteiger partial charge in [-0.1, -0.05) is 13.0 Å². The number of nitrogens with two attached hydrogens (primary N) is 1. The van der Waals surface area contributed by atoms with E-state index < -0.39 is 18.5 Å². The number of nitrogen functional groups attached to an aromatic ring is 1. The van der Waals surface area contributed by atoms with Gasteiger partial charge in [-0.2, -0.15) is 5.10 Å². The van der Waals surface area contributed by atoms with Crippen molar-refractivity contribution in [2.75, 3.05) is 57.5 Å². The molecule has 0 spiro atoms. The molecular formula is C34H49N7O5. The highest BCUT2D eigenvalue weighted by molar-refractivity contribution is 5.90. The number of esters is 1. The third-order valence-corrected chi connectivity index (χ3v) is 7.64. The Balaban J connectivity index is 1.29. The number of anilines is 2. The summed E-state index contributed by atoms with van der Waals surface area (Å²) in [6.07, 6.45) is 2.59. The van der Waals surface area contributed by atoms with Gasteiger partial charge in [0, 0.05) is 56.1 Å². The Hall–Kier alpha value is -4.32. The van der Waals surface area contributed by atoms with Crippen molar-refractivity contribution in [3.63, 3.8) is 0 Å². The van der Waals surface area contributed by atoms with Gasteiger partial charge in [-0.3, -0.25) is 9.88 Å². The van der Waals surface area contributed by atoms with Crippen LogP contribution in [0.25, 0.3) is 11.3 Å². The van der Waals surface area contributed by atoms with E-state index in [2.05, 4.69) is 33.3 Å². The fourth-order valence-corrected chi connectivity index (χ4v) is 5.21. The summed E-state index contributed by atoms with van der Waals surface area (Å²) in [6.45, 7) is 11.4. The summed E-state index contributed by atoms with van der Waals surface area (Å²) in [5, 5.41) is 7.55. The molecule has 12 heteroatoms. The smallest absolute Gasteiger partial charge is 0.410 e. The Kier molecular flexibility index (Phi) is 10.1. The van der Waals surface area contributed by atoms with Crippen LogP contribution < -0.4 is 15.8 Å². The number of pyridine rings is 1. The van der Waals surface area contributed by atoms with Gasteiger partial charge in [0.05, 0.1) is 48.1 Å². The van der Waals surface area contributed by atoms with Crippen LogP contribution in [0.5, 0.6) is 5.88 Å². The van der Waals surface area contributed by atoms with Crippen LogP contribution in [0, 0.1) is 12.8 Å². The number of rotatable bonds is 12. The molecule has 2 aromatic heterocycles. The van der Waals surface area contributed by atoms with Crippen molar-refractivity contribution in [2.45, 2.75) is 59.6 Å². The van der Waals surface area contributed by atoms with Crippen molar-refractivity contribution in [3.8, 4) is 17.1 Å². The van der Waals surface area contributed by atoms with Gasteiger partial charge in [-0.15, -0.1) is 0 Å². The molecule has 1 amide bonds. The number of methoxy groups -OCH3 is 1. The third kappa shape index (κ3) is 9.59. The maximum Gasteiger partial charge on any atom is 0.410 e. The zero-order valence-corrected chi connectivity index (χ0v) is 27.8. The number of amides is 1. The number of piperazine rings is 1. The highest BCUT2D eigenvalue weighted by Crippen LogP contribution is 2.30. The zero-order valence-electron chi connectivity index (χ0n) is 30.8. The summed E-state index contributed by atoms with van der Waals surface area (Å²) in [5.74, 6) is -0.195. The van der Waals surface area contributed by atoms with Crippen molar-refractivity contribution in [3.05, 3.63) is 53.3 Å². The molecule has 1 saturated heterocycles. The molecule has 3 aromatic rings. The van der Waals surface area contributed by atoms with Gasteiger partial charge in [-0.25, -0.2) is 14.3 Å². The van der Waals surface area contributed by atoms with Crippen LogP contribution in [-0.2, 0) is 23.0 Å². The van der Waals surface area contributed by atoms with E-state index in [1.807, 2.05) is 32.9 Å². The van der Waals surface area contributed by atoms with Gasteiger partial charge >= 0.3 is 12.1 Å². The van der Waals surface area contributed by atoms with Crippen molar-refractivity contribution in [2.24, 2.45) is 12.9 Å². The monoisotopic (exact) mass is 638 g/mol. The molecule has 0 aliphatic carbocycles. The number of benzene rings is 1. The van der Waals surface area contributed by atoms with E-state index in [0.717, 1.165) is 42.0 Å². The van der Waals surface area contributed by atoms with E-state index in [4.69, 9.17) is 24.1 Å². The number of carbonyl (C=O) groups is 2. The Morgan fingerprint density at radius 1 is 1.15 bits per heavy atom. The summed E-state index contributed by atoms with van der Waals surface area (Å²) >= 11 is 0. The lowest BCUT2D eigenvalue weighted by atomic mass is 10.1. The highest BCUT2D eigenvalue weighted by Gasteiger charge is 2.26. The first-order valence-electron chi connectivity index (χ1n) is 17.2. The molecule has 1 aromatic carbocycles. The summed E-state index contributed by atoms with van der Waals surface area (Å²) in [7, 11) is 1.29. The molecule has 3 heterocycles. The van der Waals surface area contributed by atoms with E-state index in [1.165, 1.54) is 19.4 Å². The van der Waals surface area contributed by atoms with Crippen LogP contribution in [0.15, 0.2) is 36.5 Å². The second-order valence-corrected chi connectivity index (χ2v) is 12.8. The largest absolute Gasteiger partial charge is 0.477 e. The average Bonchev–Trinajstić information content (AvgIpc) is 3.47. The first-order chi connectivity index (χ1) is 23.0. The van der Waals surface area contributed by atoms with Gasteiger partial charge in [0.1, 0.15) is 5.60 Å². The van der Waals surface area contributed by atoms with E-state index >= 15 is 0 Å². The molecule has 1 unspecified atom stereocenters. The predicted molar refractivity (Wildman–Crippen MR) is 179 cm³/mol. The lowest BCUT2D eigenvalue weighted by Crippen LogP contribution is -2.49. The number of carbonyl (C=O) groups excluding carboxylic acids is 2. The topological polar surface area (TPSA) is 137 Å². The SMILES string of the molecule is [2H]C([2H])([2H])n1ncc(-c2cc(C(=O)OC)cc(C)n2)c1OCCCC(C)CNc1cc(CN2CCN(C(=O)OC(C)(C)C)CC2)ccc1N. The molecule has 46 heavy (non-hydrogen) atoms. The number of ether oxygens (including phenoxy) is 3. The average molecular weight is 639 g/mol. The van der Waals surface area contributed by atoms with Crippen LogP contribution in [0.4, 0.5) is 16.2 Å². The summed E-state index contributed by atoms with van der Waals surface area (Å²) < 4.78 is 41.0. The standard InChI is InChI=1S/C34H49N7O5/c1-23(9-8-16-45-31-27(21-37-39(31)6)29-19-26(32(42)44-7)17-24(2)38-29)20-36-30-18-25(10-11-28(30)35)22-40-12-14-41(15-13-40)33(43)46-34(3,4)5/h10-11,17-19,21,23,36H,8-9,12-16,20,22,35H2,1-7H3/i6D3. The van der Waals surface area contributed by atoms with E-state index in [9.17, 15) is 9.59 Å². The Morgan fingerprint density at radius 3 is 2.61 bits per heavy atom. The molecule has 250 valence electrons. The van der Waals surface area contributed by atoms with Crippen molar-refractivity contribution >= 4 is 23.4 Å². The predicted octanol–water partition coefficient (Wildman–Crippen LogP) is 5.12. The maximum absolute atomic E-state index is 12.4. The number of nitrogens with zero attached hydrogens (tertiary/aromatic N) is 5. The molecule has 0 radical (unpaired) electrons. The van der Waals surface area contributed by atoms with E-state index in [0.29, 0.717) is 54.3 Å². The van der Waals surface area contributed by atoms with E-state index in [-0.39, 0.29) is 24.5 Å². The molecule has 0 saturated carbocycles. The molecule has 1 aliphatic rings. The molecule has 0 bridgehead atoms. The zero-order chi connectivity index (χ0) is 35.9. The number of aromatic nitrogens is 3. The fraction of sp³-hybridized carbons (Fsp3) is 0.529. The second kappa shape index (κ2) is 15.3. The molecule has 12 nitrogen and oxygen atoms in total. The second-order valence-electron chi connectivity index (χ2n) is 12.8. The number of hydrogen-bond acceptors (Lipinski definition) is 10. The Bertz CT molecular complexity index is 1600. The van der Waals surface area contributed by atoms with Crippen LogP contribution in [0.2, 0.25) is 0 Å². The molecule has 1 atom stereocenters. The van der Waals surface area contributed by atoms with Gasteiger partial charge < -0.3 is 30.2 Å². The quantitative estimate of drug-likeness (QED) is 0.156. The third-order valence-electron chi connectivity index (χ3n) is 7.64. The number of nitrogens with one attached hydrogen (secondary N) is 1. The molecule has 1 aliphatic heterocycles. The minimum Gasteiger partial charge on any atom is -0.477 e. The molecular weight excluding hydrogens is 586 g/mol. The normalized spacial score (nSPS) is 15.8. The Morgan fingerprint density at radius 2 is 1.91 bits per heavy atom. The lowest BCUT2D eigenvalue weighted by Gasteiger charge is -2.35. The van der Waals surface area contributed by atoms with Crippen molar-refractivity contribution in [1.29, 1.82) is 0 Å². The molecule has 3 N–H and O–H groups in total. The Labute approximate surface area is 276 Å². The van der Waals surface area contributed by atoms with Crippen LogP contribution in [-0.4, -0.2) is 88.7 Å². The van der Waals surface area contributed by atoms with Crippen molar-refractivity contribution in [1.82, 2.24) is 24.6 Å². The minimum atomic E-state index is -2.57. The van der Waals surface area contributed by atoms with E-state index in [1.54, 1.807) is 17.9 Å². The summed E-state index contributed by atoms with van der Waals surface area (Å²) in [6, 6.07) is 9.15. The van der Waals surface area contributed by atoms with Gasteiger partial charge in [0.25, 0.3) is 0 Å². The summed E-state index contributed by atoms with van der Waals surface area (Å²) in [5.41, 5.74) is 10.1. The van der Waals surface area contributed by atoms with Gasteiger partial charge in [-0.05, 0) is 76.3 Å². The highest BCUT2D eigenvalue weighted by atomic mass is 16.6. The first-order valence-corrected chi connectivity index (χ1v) is 15.7. The molecule has 1 fully saturated rings. The molecule has 4 rings (SSSR count).